The molecule has 0 aromatic heterocycles. The molecule has 0 aliphatic rings. The van der Waals surface area contributed by atoms with E-state index in [1.54, 1.807) is 18.2 Å². The molecule has 0 bridgehead atoms. The van der Waals surface area contributed by atoms with E-state index in [9.17, 15) is 9.90 Å². The predicted molar refractivity (Wildman–Crippen MR) is 80.1 cm³/mol. The second-order valence-electron chi connectivity index (χ2n) is 4.28. The third-order valence-corrected chi connectivity index (χ3v) is 3.38. The lowest BCUT2D eigenvalue weighted by Gasteiger charge is -2.18. The maximum atomic E-state index is 11.8. The van der Waals surface area contributed by atoms with Crippen LogP contribution in [0.4, 0.5) is 0 Å². The summed E-state index contributed by atoms with van der Waals surface area (Å²) < 4.78 is 5.29. The van der Waals surface area contributed by atoms with Crippen LogP contribution in [0.5, 0.6) is 0 Å². The summed E-state index contributed by atoms with van der Waals surface area (Å²) in [7, 11) is 0. The first-order chi connectivity index (χ1) is 9.49. The Morgan fingerprint density at radius 2 is 2.10 bits per heavy atom. The summed E-state index contributed by atoms with van der Waals surface area (Å²) in [4.78, 5) is 11.8. The lowest BCUT2D eigenvalue weighted by atomic mass is 10.1. The van der Waals surface area contributed by atoms with Crippen LogP contribution in [-0.4, -0.2) is 30.3 Å². The molecule has 2 unspecified atom stereocenters. The number of aliphatic hydroxyl groups is 1. The number of ether oxygens (including phenoxy) is 1. The van der Waals surface area contributed by atoms with E-state index in [1.807, 2.05) is 13.8 Å². The Morgan fingerprint density at radius 1 is 1.40 bits per heavy atom. The lowest BCUT2D eigenvalue weighted by molar-refractivity contribution is -0.133. The Kier molecular flexibility index (Phi) is 7.30. The molecule has 2 atom stereocenters. The van der Waals surface area contributed by atoms with Crippen molar-refractivity contribution in [3.05, 3.63) is 33.8 Å². The van der Waals surface area contributed by atoms with Gasteiger partial charge < -0.3 is 15.2 Å². The summed E-state index contributed by atoms with van der Waals surface area (Å²) in [6, 6.07) is 4.84. The largest absolute Gasteiger partial charge is 0.387 e. The highest BCUT2D eigenvalue weighted by atomic mass is 35.5. The highest BCUT2D eigenvalue weighted by Crippen LogP contribution is 2.25. The van der Waals surface area contributed by atoms with Gasteiger partial charge >= 0.3 is 0 Å². The van der Waals surface area contributed by atoms with Crippen LogP contribution < -0.4 is 5.32 Å². The highest BCUT2D eigenvalue weighted by molar-refractivity contribution is 6.35. The number of aliphatic hydroxyl groups excluding tert-OH is 1. The van der Waals surface area contributed by atoms with Gasteiger partial charge in [0.15, 0.2) is 0 Å². The minimum atomic E-state index is -0.886. The third-order valence-electron chi connectivity index (χ3n) is 2.82. The SMILES string of the molecule is CCOC(CC)C(=O)NCC(O)c1ccc(Cl)cc1Cl. The van der Waals surface area contributed by atoms with Crippen molar-refractivity contribution < 1.29 is 14.6 Å². The van der Waals surface area contributed by atoms with Crippen molar-refractivity contribution in [2.24, 2.45) is 0 Å². The van der Waals surface area contributed by atoms with Crippen LogP contribution in [-0.2, 0) is 9.53 Å². The standard InChI is InChI=1S/C14H19Cl2NO3/c1-3-13(20-4-2)14(19)17-8-12(18)10-6-5-9(15)7-11(10)16/h5-7,12-13,18H,3-4,8H2,1-2H3,(H,17,19). The van der Waals surface area contributed by atoms with E-state index >= 15 is 0 Å². The number of hydrogen-bond donors (Lipinski definition) is 2. The van der Waals surface area contributed by atoms with Crippen LogP contribution in [0.15, 0.2) is 18.2 Å². The van der Waals surface area contributed by atoms with Crippen LogP contribution in [0, 0.1) is 0 Å². The van der Waals surface area contributed by atoms with Gasteiger partial charge in [0.2, 0.25) is 5.91 Å². The fourth-order valence-electron chi connectivity index (χ4n) is 1.77. The Morgan fingerprint density at radius 3 is 2.65 bits per heavy atom. The van der Waals surface area contributed by atoms with Gasteiger partial charge in [0.05, 0.1) is 6.10 Å². The number of halogens is 2. The summed E-state index contributed by atoms with van der Waals surface area (Å²) in [5.74, 6) is -0.238. The number of hydrogen-bond acceptors (Lipinski definition) is 3. The summed E-state index contributed by atoms with van der Waals surface area (Å²) in [5.41, 5.74) is 0.529. The van der Waals surface area contributed by atoms with Gasteiger partial charge in [0, 0.05) is 28.8 Å². The number of nitrogens with one attached hydrogen (secondary N) is 1. The van der Waals surface area contributed by atoms with Crippen molar-refractivity contribution in [3.63, 3.8) is 0 Å². The predicted octanol–water partition coefficient (Wildman–Crippen LogP) is 2.96. The van der Waals surface area contributed by atoms with E-state index in [4.69, 9.17) is 27.9 Å². The topological polar surface area (TPSA) is 58.6 Å². The van der Waals surface area contributed by atoms with Crippen LogP contribution in [0.2, 0.25) is 10.0 Å². The number of carbonyl (C=O) groups is 1. The summed E-state index contributed by atoms with van der Waals surface area (Å²) >= 11 is 11.8. The Bertz CT molecular complexity index is 454. The maximum Gasteiger partial charge on any atom is 0.249 e. The first-order valence-corrected chi connectivity index (χ1v) is 7.27. The second kappa shape index (κ2) is 8.47. The van der Waals surface area contributed by atoms with Gasteiger partial charge in [-0.25, -0.2) is 0 Å². The zero-order valence-electron chi connectivity index (χ0n) is 11.5. The summed E-state index contributed by atoms with van der Waals surface area (Å²) in [6.07, 6.45) is -0.798. The molecule has 4 nitrogen and oxygen atoms in total. The molecule has 0 radical (unpaired) electrons. The molecular formula is C14H19Cl2NO3. The molecule has 20 heavy (non-hydrogen) atoms. The van der Waals surface area contributed by atoms with E-state index < -0.39 is 12.2 Å². The molecule has 0 heterocycles. The van der Waals surface area contributed by atoms with Crippen molar-refractivity contribution >= 4 is 29.1 Å². The Balaban J connectivity index is 2.58. The number of rotatable bonds is 7. The van der Waals surface area contributed by atoms with Crippen molar-refractivity contribution in [2.45, 2.75) is 32.5 Å². The Hall–Kier alpha value is -0.810. The van der Waals surface area contributed by atoms with E-state index in [0.29, 0.717) is 28.6 Å². The van der Waals surface area contributed by atoms with Gasteiger partial charge in [0.25, 0.3) is 0 Å². The molecule has 0 fully saturated rings. The monoisotopic (exact) mass is 319 g/mol. The van der Waals surface area contributed by atoms with Gasteiger partial charge in [-0.1, -0.05) is 36.2 Å². The first-order valence-electron chi connectivity index (χ1n) is 6.51. The summed E-state index contributed by atoms with van der Waals surface area (Å²) in [6.45, 7) is 4.24. The van der Waals surface area contributed by atoms with Gasteiger partial charge in [-0.15, -0.1) is 0 Å². The minimum absolute atomic E-state index is 0.0732. The molecule has 0 spiro atoms. The molecule has 0 aliphatic heterocycles. The average Bonchev–Trinajstić information content (AvgIpc) is 2.41. The fourth-order valence-corrected chi connectivity index (χ4v) is 2.31. The zero-order chi connectivity index (χ0) is 15.1. The van der Waals surface area contributed by atoms with E-state index in [1.165, 1.54) is 0 Å². The highest BCUT2D eigenvalue weighted by Gasteiger charge is 2.18. The third kappa shape index (κ3) is 4.94. The molecule has 1 amide bonds. The van der Waals surface area contributed by atoms with Gasteiger partial charge in [0.1, 0.15) is 6.10 Å². The maximum absolute atomic E-state index is 11.8. The van der Waals surface area contributed by atoms with Crippen molar-refractivity contribution in [2.75, 3.05) is 13.2 Å². The fraction of sp³-hybridized carbons (Fsp3) is 0.500. The normalized spacial score (nSPS) is 13.8. The second-order valence-corrected chi connectivity index (χ2v) is 5.12. The van der Waals surface area contributed by atoms with E-state index in [-0.39, 0.29) is 12.5 Å². The molecule has 0 saturated heterocycles. The lowest BCUT2D eigenvalue weighted by Crippen LogP contribution is -2.38. The molecule has 2 N–H and O–H groups in total. The molecule has 0 aliphatic carbocycles. The molecule has 1 rings (SSSR count). The zero-order valence-corrected chi connectivity index (χ0v) is 13.0. The molecule has 0 saturated carbocycles. The molecule has 6 heteroatoms. The van der Waals surface area contributed by atoms with Gasteiger partial charge in [-0.3, -0.25) is 4.79 Å². The minimum Gasteiger partial charge on any atom is -0.387 e. The van der Waals surface area contributed by atoms with Crippen LogP contribution in [0.1, 0.15) is 31.9 Å². The molecular weight excluding hydrogens is 301 g/mol. The first kappa shape index (κ1) is 17.2. The molecule has 1 aromatic rings. The van der Waals surface area contributed by atoms with E-state index in [0.717, 1.165) is 0 Å². The van der Waals surface area contributed by atoms with Crippen molar-refractivity contribution in [1.29, 1.82) is 0 Å². The van der Waals surface area contributed by atoms with E-state index in [2.05, 4.69) is 5.32 Å². The van der Waals surface area contributed by atoms with Crippen LogP contribution in [0.3, 0.4) is 0 Å². The average molecular weight is 320 g/mol. The van der Waals surface area contributed by atoms with Gasteiger partial charge in [-0.05, 0) is 25.5 Å². The Labute approximate surface area is 129 Å². The van der Waals surface area contributed by atoms with Crippen LogP contribution >= 0.6 is 23.2 Å². The molecule has 112 valence electrons. The van der Waals surface area contributed by atoms with Crippen molar-refractivity contribution in [3.8, 4) is 0 Å². The molecule has 1 aromatic carbocycles. The number of amides is 1. The number of carbonyl (C=O) groups excluding carboxylic acids is 1. The summed E-state index contributed by atoms with van der Waals surface area (Å²) in [5, 5.41) is 13.6. The quantitative estimate of drug-likeness (QED) is 0.812. The van der Waals surface area contributed by atoms with Gasteiger partial charge in [-0.2, -0.15) is 0 Å². The number of benzene rings is 1. The van der Waals surface area contributed by atoms with Crippen molar-refractivity contribution in [1.82, 2.24) is 5.32 Å². The smallest absolute Gasteiger partial charge is 0.249 e. The van der Waals surface area contributed by atoms with Crippen LogP contribution in [0.25, 0.3) is 0 Å².